The van der Waals surface area contributed by atoms with Crippen LogP contribution in [0.3, 0.4) is 0 Å². The van der Waals surface area contributed by atoms with Gasteiger partial charge in [0.25, 0.3) is 0 Å². The maximum atomic E-state index is 12.1. The Labute approximate surface area is 105 Å². The van der Waals surface area contributed by atoms with Crippen LogP contribution in [0, 0.1) is 0 Å². The van der Waals surface area contributed by atoms with E-state index in [1.54, 1.807) is 23.3 Å². The van der Waals surface area contributed by atoms with Crippen LogP contribution >= 0.6 is 0 Å². The zero-order valence-electron chi connectivity index (χ0n) is 10.2. The number of amides is 1. The molecule has 98 valence electrons. The molecular weight excluding hydrogens is 234 g/mol. The monoisotopic (exact) mass is 251 g/mol. The lowest BCUT2D eigenvalue weighted by Gasteiger charge is -2.37. The highest BCUT2D eigenvalue weighted by Gasteiger charge is 2.40. The zero-order valence-corrected chi connectivity index (χ0v) is 10.2. The molecule has 2 fully saturated rings. The summed E-state index contributed by atoms with van der Waals surface area (Å²) in [6.07, 6.45) is 6.67. The van der Waals surface area contributed by atoms with Crippen LogP contribution < -0.4 is 0 Å². The van der Waals surface area contributed by atoms with E-state index in [-0.39, 0.29) is 5.91 Å². The van der Waals surface area contributed by atoms with Gasteiger partial charge < -0.3 is 18.9 Å². The molecule has 0 N–H and O–H groups in total. The molecule has 2 saturated heterocycles. The van der Waals surface area contributed by atoms with Gasteiger partial charge in [-0.1, -0.05) is 0 Å². The van der Waals surface area contributed by atoms with Gasteiger partial charge in [0.1, 0.15) is 6.54 Å². The van der Waals surface area contributed by atoms with Crippen molar-refractivity contribution in [2.45, 2.75) is 25.2 Å². The van der Waals surface area contributed by atoms with E-state index in [1.807, 2.05) is 4.90 Å². The van der Waals surface area contributed by atoms with Gasteiger partial charge >= 0.3 is 0 Å². The van der Waals surface area contributed by atoms with Gasteiger partial charge in [0.05, 0.1) is 19.5 Å². The summed E-state index contributed by atoms with van der Waals surface area (Å²) < 4.78 is 13.1. The summed E-state index contributed by atoms with van der Waals surface area (Å²) in [6.45, 7) is 3.10. The second-order valence-corrected chi connectivity index (χ2v) is 4.72. The number of ether oxygens (including phenoxy) is 2. The van der Waals surface area contributed by atoms with Gasteiger partial charge in [0, 0.05) is 38.3 Å². The first-order valence-corrected chi connectivity index (χ1v) is 6.29. The minimum atomic E-state index is -0.411. The lowest BCUT2D eigenvalue weighted by atomic mass is 10.0. The third-order valence-electron chi connectivity index (χ3n) is 3.57. The highest BCUT2D eigenvalue weighted by Crippen LogP contribution is 2.31. The number of nitrogens with zero attached hydrogens (tertiary/aromatic N) is 3. The SMILES string of the molecule is O=C(Cn1ccnc1)N1CCC2(CC1)OCCO2. The Balaban J connectivity index is 1.54. The van der Waals surface area contributed by atoms with Crippen LogP contribution in [0.2, 0.25) is 0 Å². The minimum absolute atomic E-state index is 0.126. The van der Waals surface area contributed by atoms with Gasteiger partial charge in [-0.05, 0) is 0 Å². The topological polar surface area (TPSA) is 56.6 Å². The third-order valence-corrected chi connectivity index (χ3v) is 3.57. The van der Waals surface area contributed by atoms with Gasteiger partial charge in [-0.2, -0.15) is 0 Å². The number of hydrogen-bond donors (Lipinski definition) is 0. The van der Waals surface area contributed by atoms with E-state index >= 15 is 0 Å². The van der Waals surface area contributed by atoms with Crippen molar-refractivity contribution in [3.63, 3.8) is 0 Å². The molecule has 3 heterocycles. The molecular formula is C12H17N3O3. The highest BCUT2D eigenvalue weighted by molar-refractivity contribution is 5.76. The third kappa shape index (κ3) is 2.26. The summed E-state index contributed by atoms with van der Waals surface area (Å²) in [5.74, 6) is -0.285. The van der Waals surface area contributed by atoms with Crippen LogP contribution in [0.4, 0.5) is 0 Å². The number of piperidine rings is 1. The average molecular weight is 251 g/mol. The molecule has 18 heavy (non-hydrogen) atoms. The van der Waals surface area contributed by atoms with Crippen molar-refractivity contribution in [2.24, 2.45) is 0 Å². The van der Waals surface area contributed by atoms with Gasteiger partial charge in [0.15, 0.2) is 5.79 Å². The van der Waals surface area contributed by atoms with E-state index in [4.69, 9.17) is 9.47 Å². The van der Waals surface area contributed by atoms with Gasteiger partial charge in [-0.15, -0.1) is 0 Å². The fourth-order valence-corrected chi connectivity index (χ4v) is 2.52. The summed E-state index contributed by atoms with van der Waals surface area (Å²) in [6, 6.07) is 0. The molecule has 0 bridgehead atoms. The predicted octanol–water partition coefficient (Wildman–Crippen LogP) is 0.249. The lowest BCUT2D eigenvalue weighted by Crippen LogP contribution is -2.48. The molecule has 3 rings (SSSR count). The van der Waals surface area contributed by atoms with E-state index in [2.05, 4.69) is 4.98 Å². The quantitative estimate of drug-likeness (QED) is 0.756. The van der Waals surface area contributed by atoms with Crippen LogP contribution in [-0.4, -0.2) is 52.4 Å². The van der Waals surface area contributed by atoms with Crippen LogP contribution in [-0.2, 0) is 20.8 Å². The van der Waals surface area contributed by atoms with E-state index < -0.39 is 5.79 Å². The van der Waals surface area contributed by atoms with Gasteiger partial charge in [-0.25, -0.2) is 4.98 Å². The Morgan fingerprint density at radius 1 is 1.28 bits per heavy atom. The van der Waals surface area contributed by atoms with Crippen molar-refractivity contribution in [3.05, 3.63) is 18.7 Å². The largest absolute Gasteiger partial charge is 0.347 e. The number of likely N-dealkylation sites (tertiary alicyclic amines) is 1. The average Bonchev–Trinajstić information content (AvgIpc) is 3.03. The summed E-state index contributed by atoms with van der Waals surface area (Å²) in [5, 5.41) is 0. The number of imidazole rings is 1. The Kier molecular flexibility index (Phi) is 3.05. The standard InChI is InChI=1S/C12H17N3O3/c16-11(9-14-6-3-13-10-14)15-4-1-12(2-5-15)17-7-8-18-12/h3,6,10H,1-2,4-5,7-9H2. The van der Waals surface area contributed by atoms with E-state index in [0.717, 1.165) is 12.8 Å². The van der Waals surface area contributed by atoms with E-state index in [1.165, 1.54) is 0 Å². The van der Waals surface area contributed by atoms with Crippen LogP contribution in [0.5, 0.6) is 0 Å². The number of hydrogen-bond acceptors (Lipinski definition) is 4. The molecule has 1 spiro atoms. The first-order valence-electron chi connectivity index (χ1n) is 6.29. The molecule has 1 aromatic heterocycles. The fraction of sp³-hybridized carbons (Fsp3) is 0.667. The van der Waals surface area contributed by atoms with Gasteiger partial charge in [-0.3, -0.25) is 4.79 Å². The number of carbonyl (C=O) groups excluding carboxylic acids is 1. The number of rotatable bonds is 2. The van der Waals surface area contributed by atoms with Crippen LogP contribution in [0.15, 0.2) is 18.7 Å². The van der Waals surface area contributed by atoms with Crippen molar-refractivity contribution >= 4 is 5.91 Å². The molecule has 6 nitrogen and oxygen atoms in total. The van der Waals surface area contributed by atoms with E-state index in [9.17, 15) is 4.79 Å². The molecule has 0 saturated carbocycles. The van der Waals surface area contributed by atoms with Crippen molar-refractivity contribution in [3.8, 4) is 0 Å². The molecule has 0 aliphatic carbocycles. The molecule has 1 amide bonds. The van der Waals surface area contributed by atoms with Gasteiger partial charge in [0.2, 0.25) is 5.91 Å². The molecule has 6 heteroatoms. The van der Waals surface area contributed by atoms with Crippen molar-refractivity contribution < 1.29 is 14.3 Å². The lowest BCUT2D eigenvalue weighted by molar-refractivity contribution is -0.187. The Hall–Kier alpha value is -1.40. The molecule has 0 atom stereocenters. The Morgan fingerprint density at radius 2 is 2.00 bits per heavy atom. The smallest absolute Gasteiger partial charge is 0.242 e. The second kappa shape index (κ2) is 4.70. The maximum Gasteiger partial charge on any atom is 0.242 e. The molecule has 0 aromatic carbocycles. The van der Waals surface area contributed by atoms with Crippen molar-refractivity contribution in [1.82, 2.24) is 14.5 Å². The first-order chi connectivity index (χ1) is 8.77. The second-order valence-electron chi connectivity index (χ2n) is 4.72. The number of carbonyl (C=O) groups is 1. The molecule has 0 radical (unpaired) electrons. The number of aromatic nitrogens is 2. The zero-order chi connectivity index (χ0) is 12.4. The molecule has 1 aromatic rings. The first kappa shape index (κ1) is 11.7. The van der Waals surface area contributed by atoms with Crippen molar-refractivity contribution in [2.75, 3.05) is 26.3 Å². The molecule has 2 aliphatic heterocycles. The maximum absolute atomic E-state index is 12.1. The van der Waals surface area contributed by atoms with Crippen LogP contribution in [0.1, 0.15) is 12.8 Å². The molecule has 0 unspecified atom stereocenters. The summed E-state index contributed by atoms with van der Waals surface area (Å²) in [4.78, 5) is 17.9. The Bertz CT molecular complexity index is 402. The minimum Gasteiger partial charge on any atom is -0.347 e. The predicted molar refractivity (Wildman–Crippen MR) is 62.7 cm³/mol. The Morgan fingerprint density at radius 3 is 2.61 bits per heavy atom. The van der Waals surface area contributed by atoms with Crippen molar-refractivity contribution in [1.29, 1.82) is 0 Å². The van der Waals surface area contributed by atoms with E-state index in [0.29, 0.717) is 32.8 Å². The molecule has 2 aliphatic rings. The highest BCUT2D eigenvalue weighted by atomic mass is 16.7. The summed E-state index contributed by atoms with van der Waals surface area (Å²) >= 11 is 0. The summed E-state index contributed by atoms with van der Waals surface area (Å²) in [5.41, 5.74) is 0. The van der Waals surface area contributed by atoms with Crippen LogP contribution in [0.25, 0.3) is 0 Å². The normalized spacial score (nSPS) is 22.6. The summed E-state index contributed by atoms with van der Waals surface area (Å²) in [7, 11) is 0. The fourth-order valence-electron chi connectivity index (χ4n) is 2.52.